The van der Waals surface area contributed by atoms with Gasteiger partial charge in [0, 0.05) is 10.7 Å². The Morgan fingerprint density at radius 3 is 2.63 bits per heavy atom. The molecule has 0 saturated carbocycles. The lowest BCUT2D eigenvalue weighted by Crippen LogP contribution is -2.27. The highest BCUT2D eigenvalue weighted by Crippen LogP contribution is 2.12. The number of ketones is 1. The second-order valence-corrected chi connectivity index (χ2v) is 4.90. The third kappa shape index (κ3) is 2.93. The van der Waals surface area contributed by atoms with Gasteiger partial charge in [-0.1, -0.05) is 23.7 Å². The zero-order valence-electron chi connectivity index (χ0n) is 10.8. The van der Waals surface area contributed by atoms with Crippen molar-refractivity contribution >= 4 is 17.4 Å². The number of aromatic nitrogens is 1. The number of nitrogens with zero attached hydrogens (tertiary/aromatic N) is 1. The van der Waals surface area contributed by atoms with E-state index in [4.69, 9.17) is 11.6 Å². The summed E-state index contributed by atoms with van der Waals surface area (Å²) in [5.41, 5.74) is 1.70. The Morgan fingerprint density at radius 2 is 2.00 bits per heavy atom. The first-order valence-electron chi connectivity index (χ1n) is 5.95. The second-order valence-electron chi connectivity index (χ2n) is 4.47. The van der Waals surface area contributed by atoms with Crippen molar-refractivity contribution in [3.05, 3.63) is 68.6 Å². The minimum Gasteiger partial charge on any atom is -0.308 e. The molecular weight excluding hydrogens is 262 g/mol. The van der Waals surface area contributed by atoms with Crippen molar-refractivity contribution < 1.29 is 4.79 Å². The molecule has 2 rings (SSSR count). The summed E-state index contributed by atoms with van der Waals surface area (Å²) >= 11 is 5.93. The predicted molar refractivity (Wildman–Crippen MR) is 76.0 cm³/mol. The van der Waals surface area contributed by atoms with E-state index in [2.05, 4.69) is 0 Å². The van der Waals surface area contributed by atoms with Crippen LogP contribution in [0.2, 0.25) is 5.02 Å². The van der Waals surface area contributed by atoms with E-state index < -0.39 is 0 Å². The number of Topliss-reactive ketones (excluding diaryl/α,β-unsaturated/α-hetero) is 1. The Labute approximate surface area is 116 Å². The van der Waals surface area contributed by atoms with Gasteiger partial charge in [0.2, 0.25) is 0 Å². The Hall–Kier alpha value is -1.87. The van der Waals surface area contributed by atoms with Crippen molar-refractivity contribution in [2.24, 2.45) is 0 Å². The van der Waals surface area contributed by atoms with E-state index in [1.165, 1.54) is 6.92 Å². The van der Waals surface area contributed by atoms with Crippen LogP contribution in [0.4, 0.5) is 0 Å². The lowest BCUT2D eigenvalue weighted by atomic mass is 10.1. The first kappa shape index (κ1) is 13.6. The Balaban J connectivity index is 2.48. The Morgan fingerprint density at radius 1 is 1.26 bits per heavy atom. The van der Waals surface area contributed by atoms with Crippen LogP contribution in [0.15, 0.2) is 41.2 Å². The molecule has 0 unspecified atom stereocenters. The number of hydrogen-bond donors (Lipinski definition) is 0. The summed E-state index contributed by atoms with van der Waals surface area (Å²) in [6.07, 6.45) is 0. The highest BCUT2D eigenvalue weighted by atomic mass is 35.5. The molecule has 0 saturated heterocycles. The molecule has 1 heterocycles. The van der Waals surface area contributed by atoms with Gasteiger partial charge in [-0.15, -0.1) is 0 Å². The third-order valence-corrected chi connectivity index (χ3v) is 3.24. The Kier molecular flexibility index (Phi) is 3.86. The fraction of sp³-hybridized carbons (Fsp3) is 0.200. The Bertz CT molecular complexity index is 689. The minimum absolute atomic E-state index is 0.215. The standard InChI is InChI=1S/C15H14ClNO2/c1-10-6-7-14(11(2)18)15(19)17(10)9-12-4-3-5-13(16)8-12/h3-8H,9H2,1-2H3. The van der Waals surface area contributed by atoms with Crippen LogP contribution in [0.3, 0.4) is 0 Å². The molecule has 3 nitrogen and oxygen atoms in total. The maximum absolute atomic E-state index is 12.2. The first-order valence-corrected chi connectivity index (χ1v) is 6.32. The molecule has 98 valence electrons. The molecule has 2 aromatic rings. The fourth-order valence-electron chi connectivity index (χ4n) is 1.95. The molecule has 0 spiro atoms. The SMILES string of the molecule is CC(=O)c1ccc(C)n(Cc2cccc(Cl)c2)c1=O. The van der Waals surface area contributed by atoms with Crippen LogP contribution in [-0.2, 0) is 6.54 Å². The molecule has 0 amide bonds. The minimum atomic E-state index is -0.257. The molecule has 0 aliphatic rings. The van der Waals surface area contributed by atoms with Crippen LogP contribution in [0.5, 0.6) is 0 Å². The van der Waals surface area contributed by atoms with E-state index in [-0.39, 0.29) is 16.9 Å². The van der Waals surface area contributed by atoms with E-state index in [9.17, 15) is 9.59 Å². The largest absolute Gasteiger partial charge is 0.308 e. The number of benzene rings is 1. The average Bonchev–Trinajstić information content (AvgIpc) is 2.34. The number of halogens is 1. The molecule has 0 atom stereocenters. The van der Waals surface area contributed by atoms with Gasteiger partial charge in [0.05, 0.1) is 12.1 Å². The van der Waals surface area contributed by atoms with Crippen molar-refractivity contribution in [2.45, 2.75) is 20.4 Å². The number of carbonyl (C=O) groups excluding carboxylic acids is 1. The number of rotatable bonds is 3. The average molecular weight is 276 g/mol. The van der Waals surface area contributed by atoms with Gasteiger partial charge in [-0.2, -0.15) is 0 Å². The van der Waals surface area contributed by atoms with E-state index >= 15 is 0 Å². The molecule has 0 N–H and O–H groups in total. The molecule has 0 aliphatic heterocycles. The van der Waals surface area contributed by atoms with Gasteiger partial charge < -0.3 is 4.57 Å². The lowest BCUT2D eigenvalue weighted by molar-refractivity contribution is 0.101. The van der Waals surface area contributed by atoms with Gasteiger partial charge in [-0.3, -0.25) is 9.59 Å². The van der Waals surface area contributed by atoms with E-state index in [0.29, 0.717) is 11.6 Å². The van der Waals surface area contributed by atoms with Gasteiger partial charge in [-0.05, 0) is 43.7 Å². The van der Waals surface area contributed by atoms with Gasteiger partial charge in [-0.25, -0.2) is 0 Å². The monoisotopic (exact) mass is 275 g/mol. The van der Waals surface area contributed by atoms with E-state index in [1.54, 1.807) is 22.8 Å². The summed E-state index contributed by atoms with van der Waals surface area (Å²) in [4.78, 5) is 23.6. The summed E-state index contributed by atoms with van der Waals surface area (Å²) in [6.45, 7) is 3.65. The van der Waals surface area contributed by atoms with E-state index in [0.717, 1.165) is 11.3 Å². The quantitative estimate of drug-likeness (QED) is 0.808. The molecule has 0 aliphatic carbocycles. The highest BCUT2D eigenvalue weighted by Gasteiger charge is 2.10. The van der Waals surface area contributed by atoms with Crippen LogP contribution >= 0.6 is 11.6 Å². The molecular formula is C15H14ClNO2. The molecule has 0 bridgehead atoms. The van der Waals surface area contributed by atoms with Crippen LogP contribution in [-0.4, -0.2) is 10.4 Å². The van der Waals surface area contributed by atoms with Crippen molar-refractivity contribution in [3.63, 3.8) is 0 Å². The zero-order chi connectivity index (χ0) is 14.0. The third-order valence-electron chi connectivity index (χ3n) is 3.00. The first-order chi connectivity index (χ1) is 8.99. The van der Waals surface area contributed by atoms with Crippen LogP contribution < -0.4 is 5.56 Å². The summed E-state index contributed by atoms with van der Waals surface area (Å²) < 4.78 is 1.59. The maximum atomic E-state index is 12.2. The molecule has 1 aromatic carbocycles. The predicted octanol–water partition coefficient (Wildman–Crippen LogP) is 3.06. The molecule has 0 radical (unpaired) electrons. The zero-order valence-corrected chi connectivity index (χ0v) is 11.6. The van der Waals surface area contributed by atoms with Crippen molar-refractivity contribution in [2.75, 3.05) is 0 Å². The number of aryl methyl sites for hydroxylation is 1. The number of carbonyl (C=O) groups is 1. The van der Waals surface area contributed by atoms with Crippen molar-refractivity contribution in [3.8, 4) is 0 Å². The normalized spacial score (nSPS) is 10.5. The van der Waals surface area contributed by atoms with Gasteiger partial charge >= 0.3 is 0 Å². The smallest absolute Gasteiger partial charge is 0.261 e. The van der Waals surface area contributed by atoms with Gasteiger partial charge in [0.25, 0.3) is 5.56 Å². The molecule has 0 fully saturated rings. The van der Waals surface area contributed by atoms with E-state index in [1.807, 2.05) is 25.1 Å². The van der Waals surface area contributed by atoms with Gasteiger partial charge in [0.15, 0.2) is 5.78 Å². The van der Waals surface area contributed by atoms with Crippen molar-refractivity contribution in [1.82, 2.24) is 4.57 Å². The summed E-state index contributed by atoms with van der Waals surface area (Å²) in [7, 11) is 0. The second kappa shape index (κ2) is 5.41. The summed E-state index contributed by atoms with van der Waals surface area (Å²) in [5.74, 6) is -0.218. The highest BCUT2D eigenvalue weighted by molar-refractivity contribution is 6.30. The van der Waals surface area contributed by atoms with Crippen LogP contribution in [0.1, 0.15) is 28.5 Å². The lowest BCUT2D eigenvalue weighted by Gasteiger charge is -2.11. The fourth-order valence-corrected chi connectivity index (χ4v) is 2.17. The summed E-state index contributed by atoms with van der Waals surface area (Å²) in [5, 5.41) is 0.630. The molecule has 4 heteroatoms. The molecule has 19 heavy (non-hydrogen) atoms. The van der Waals surface area contributed by atoms with Gasteiger partial charge in [0.1, 0.15) is 0 Å². The molecule has 1 aromatic heterocycles. The number of pyridine rings is 1. The summed E-state index contributed by atoms with van der Waals surface area (Å²) in [6, 6.07) is 10.7. The van der Waals surface area contributed by atoms with Crippen molar-refractivity contribution in [1.29, 1.82) is 0 Å². The maximum Gasteiger partial charge on any atom is 0.261 e. The van der Waals surface area contributed by atoms with Crippen LogP contribution in [0, 0.1) is 6.92 Å². The topological polar surface area (TPSA) is 39.1 Å². The number of hydrogen-bond acceptors (Lipinski definition) is 2. The van der Waals surface area contributed by atoms with Crippen LogP contribution in [0.25, 0.3) is 0 Å².